The van der Waals surface area contributed by atoms with Crippen LogP contribution < -0.4 is 5.32 Å². The second kappa shape index (κ2) is 5.93. The van der Waals surface area contributed by atoms with Crippen molar-refractivity contribution in [1.82, 2.24) is 20.0 Å². The maximum atomic E-state index is 12.6. The van der Waals surface area contributed by atoms with Gasteiger partial charge in [0.2, 0.25) is 5.76 Å². The third-order valence-corrected chi connectivity index (χ3v) is 5.50. The number of halogens is 1. The van der Waals surface area contributed by atoms with E-state index in [4.69, 9.17) is 4.74 Å². The van der Waals surface area contributed by atoms with Crippen molar-refractivity contribution in [3.63, 3.8) is 0 Å². The molecule has 1 N–H and O–H groups in total. The van der Waals surface area contributed by atoms with Crippen LogP contribution in [0, 0.1) is 5.92 Å². The molecule has 1 aromatic rings. The Kier molecular flexibility index (Phi) is 3.89. The van der Waals surface area contributed by atoms with E-state index in [9.17, 15) is 4.79 Å². The number of ether oxygens (including phenoxy) is 1. The van der Waals surface area contributed by atoms with E-state index in [-0.39, 0.29) is 24.4 Å². The van der Waals surface area contributed by atoms with Gasteiger partial charge in [0.15, 0.2) is 0 Å². The summed E-state index contributed by atoms with van der Waals surface area (Å²) in [7, 11) is 0. The van der Waals surface area contributed by atoms with Crippen molar-refractivity contribution in [3.05, 3.63) is 29.3 Å². The number of aryl methyl sites for hydroxylation is 1. The smallest absolute Gasteiger partial charge is 0.288 e. The van der Waals surface area contributed by atoms with Crippen molar-refractivity contribution in [1.29, 1.82) is 0 Å². The number of carbonyl (C=O) groups excluding carboxylic acids is 1. The van der Waals surface area contributed by atoms with Gasteiger partial charge in [0.25, 0.3) is 5.91 Å². The molecule has 6 nitrogen and oxygen atoms in total. The number of allylic oxidation sites excluding steroid dienone is 1. The molecule has 2 bridgehead atoms. The molecule has 5 aliphatic rings. The molecule has 0 spiro atoms. The third-order valence-electron chi connectivity index (χ3n) is 5.50. The summed E-state index contributed by atoms with van der Waals surface area (Å²) in [4.78, 5) is 15.1. The predicted molar refractivity (Wildman–Crippen MR) is 92.2 cm³/mol. The Morgan fingerprint density at radius 3 is 2.92 bits per heavy atom. The molecule has 3 fully saturated rings. The first-order valence-corrected chi connectivity index (χ1v) is 8.48. The molecule has 1 amide bonds. The molecular formula is C17H21ClN4O2. The molecule has 1 aromatic heterocycles. The predicted octanol–water partition coefficient (Wildman–Crippen LogP) is 1.63. The molecule has 4 aliphatic heterocycles. The Hall–Kier alpha value is -1.79. The largest absolute Gasteiger partial charge is 0.448 e. The number of piperidine rings is 3. The molecule has 0 saturated carbocycles. The number of hydrogen-bond acceptors (Lipinski definition) is 4. The van der Waals surface area contributed by atoms with Crippen LogP contribution in [-0.2, 0) is 16.0 Å². The fourth-order valence-electron chi connectivity index (χ4n) is 4.22. The number of hydrogen-bond donors (Lipinski definition) is 1. The molecule has 0 radical (unpaired) electrons. The molecule has 7 heteroatoms. The van der Waals surface area contributed by atoms with Crippen molar-refractivity contribution >= 4 is 30.3 Å². The normalized spacial score (nSPS) is 29.6. The van der Waals surface area contributed by atoms with Crippen LogP contribution >= 0.6 is 12.4 Å². The standard InChI is InChI=1S/C17H20N4O2.ClH/c22-17(19-13-9-20-6-4-11(13)5-7-20)15-10-21-16-12(8-18-21)2-1-3-14(16)23-15;/h3,8,10-11,13H,1-2,4-7,9H2,(H,19,22);1H/t13-;/m1./s1. The van der Waals surface area contributed by atoms with E-state index in [1.807, 2.05) is 6.20 Å². The summed E-state index contributed by atoms with van der Waals surface area (Å²) in [5.74, 6) is 1.59. The van der Waals surface area contributed by atoms with E-state index in [0.29, 0.717) is 11.7 Å². The summed E-state index contributed by atoms with van der Waals surface area (Å²) in [6, 6.07) is 0.240. The second-order valence-electron chi connectivity index (χ2n) is 6.88. The van der Waals surface area contributed by atoms with Crippen LogP contribution in [0.5, 0.6) is 0 Å². The van der Waals surface area contributed by atoms with Crippen LogP contribution in [0.3, 0.4) is 0 Å². The Morgan fingerprint density at radius 1 is 1.33 bits per heavy atom. The van der Waals surface area contributed by atoms with Gasteiger partial charge in [-0.05, 0) is 50.8 Å². The van der Waals surface area contributed by atoms with Gasteiger partial charge in [-0.15, -0.1) is 12.4 Å². The summed E-state index contributed by atoms with van der Waals surface area (Å²) < 4.78 is 7.64. The van der Waals surface area contributed by atoms with Crippen LogP contribution in [0.2, 0.25) is 0 Å². The van der Waals surface area contributed by atoms with Gasteiger partial charge in [0, 0.05) is 18.2 Å². The van der Waals surface area contributed by atoms with Crippen LogP contribution in [-0.4, -0.2) is 46.3 Å². The highest BCUT2D eigenvalue weighted by Gasteiger charge is 2.36. The van der Waals surface area contributed by atoms with E-state index >= 15 is 0 Å². The average molecular weight is 349 g/mol. The number of aromatic nitrogens is 2. The monoisotopic (exact) mass is 348 g/mol. The fraction of sp³-hybridized carbons (Fsp3) is 0.529. The first-order chi connectivity index (χ1) is 11.3. The fourth-order valence-corrected chi connectivity index (χ4v) is 4.22. The molecule has 3 saturated heterocycles. The lowest BCUT2D eigenvalue weighted by Crippen LogP contribution is -2.57. The number of rotatable bonds is 2. The summed E-state index contributed by atoms with van der Waals surface area (Å²) in [5.41, 5.74) is 2.19. The topological polar surface area (TPSA) is 59.4 Å². The van der Waals surface area contributed by atoms with Crippen LogP contribution in [0.1, 0.15) is 30.5 Å². The average Bonchev–Trinajstić information content (AvgIpc) is 3.01. The molecular weight excluding hydrogens is 328 g/mol. The minimum atomic E-state index is -0.127. The Labute approximate surface area is 146 Å². The number of amides is 1. The van der Waals surface area contributed by atoms with Crippen LogP contribution in [0.4, 0.5) is 0 Å². The third kappa shape index (κ3) is 2.45. The highest BCUT2D eigenvalue weighted by Crippen LogP contribution is 2.33. The van der Waals surface area contributed by atoms with Crippen molar-refractivity contribution in [2.24, 2.45) is 5.92 Å². The van der Waals surface area contributed by atoms with Gasteiger partial charge < -0.3 is 15.0 Å². The highest BCUT2D eigenvalue weighted by molar-refractivity contribution is 5.96. The van der Waals surface area contributed by atoms with Crippen molar-refractivity contribution in [2.45, 2.75) is 31.7 Å². The van der Waals surface area contributed by atoms with Crippen LogP contribution in [0.15, 0.2) is 18.0 Å². The minimum Gasteiger partial charge on any atom is -0.448 e. The van der Waals surface area contributed by atoms with Gasteiger partial charge >= 0.3 is 0 Å². The zero-order chi connectivity index (χ0) is 15.4. The highest BCUT2D eigenvalue weighted by atomic mass is 35.5. The molecule has 6 rings (SSSR count). The Bertz CT molecular complexity index is 731. The summed E-state index contributed by atoms with van der Waals surface area (Å²) in [5, 5.41) is 7.54. The van der Waals surface area contributed by atoms with Crippen molar-refractivity contribution in [2.75, 3.05) is 19.6 Å². The van der Waals surface area contributed by atoms with Gasteiger partial charge in [-0.25, -0.2) is 4.68 Å². The van der Waals surface area contributed by atoms with Crippen LogP contribution in [0.25, 0.3) is 12.0 Å². The van der Waals surface area contributed by atoms with E-state index in [0.717, 1.165) is 30.8 Å². The number of carbonyl (C=O) groups is 1. The number of fused-ring (bicyclic) bond motifs is 3. The number of nitrogens with one attached hydrogen (secondary N) is 1. The molecule has 5 heterocycles. The summed E-state index contributed by atoms with van der Waals surface area (Å²) in [6.07, 6.45) is 9.91. The zero-order valence-electron chi connectivity index (χ0n) is 13.4. The Morgan fingerprint density at radius 2 is 2.17 bits per heavy atom. The van der Waals surface area contributed by atoms with E-state index < -0.39 is 0 Å². The molecule has 0 unspecified atom stereocenters. The van der Waals surface area contributed by atoms with Crippen molar-refractivity contribution < 1.29 is 9.53 Å². The molecule has 128 valence electrons. The lowest BCUT2D eigenvalue weighted by atomic mass is 9.84. The summed E-state index contributed by atoms with van der Waals surface area (Å²) >= 11 is 0. The maximum absolute atomic E-state index is 12.6. The lowest BCUT2D eigenvalue weighted by molar-refractivity contribution is -0.121. The first-order valence-electron chi connectivity index (χ1n) is 8.48. The number of nitrogens with zero attached hydrogens (tertiary/aromatic N) is 3. The molecule has 1 aliphatic carbocycles. The molecule has 24 heavy (non-hydrogen) atoms. The van der Waals surface area contributed by atoms with E-state index in [1.54, 1.807) is 10.9 Å². The SMILES string of the molecule is Cl.O=C(N[C@@H]1CN2CCC1CC2)C1=Cn2ncc3c2C(=CCC3)O1. The Balaban J connectivity index is 0.00000146. The quantitative estimate of drug-likeness (QED) is 0.882. The minimum absolute atomic E-state index is 0. The van der Waals surface area contributed by atoms with Gasteiger partial charge in [-0.1, -0.05) is 0 Å². The maximum Gasteiger partial charge on any atom is 0.288 e. The lowest BCUT2D eigenvalue weighted by Gasteiger charge is -2.45. The van der Waals surface area contributed by atoms with Gasteiger partial charge in [0.05, 0.1) is 12.4 Å². The van der Waals surface area contributed by atoms with Gasteiger partial charge in [-0.3, -0.25) is 4.79 Å². The van der Waals surface area contributed by atoms with Gasteiger partial charge in [-0.2, -0.15) is 5.10 Å². The van der Waals surface area contributed by atoms with E-state index in [1.165, 1.54) is 31.5 Å². The first kappa shape index (κ1) is 15.7. The second-order valence-corrected chi connectivity index (χ2v) is 6.88. The molecule has 0 aromatic carbocycles. The zero-order valence-corrected chi connectivity index (χ0v) is 14.2. The summed E-state index contributed by atoms with van der Waals surface area (Å²) in [6.45, 7) is 3.30. The van der Waals surface area contributed by atoms with Gasteiger partial charge in [0.1, 0.15) is 11.5 Å². The van der Waals surface area contributed by atoms with E-state index in [2.05, 4.69) is 21.4 Å². The molecule has 1 atom stereocenters. The van der Waals surface area contributed by atoms with Crippen molar-refractivity contribution in [3.8, 4) is 0 Å².